The fourth-order valence-electron chi connectivity index (χ4n) is 3.68. The summed E-state index contributed by atoms with van der Waals surface area (Å²) in [7, 11) is 0. The lowest BCUT2D eigenvalue weighted by molar-refractivity contribution is -0.115. The predicted molar refractivity (Wildman–Crippen MR) is 115 cm³/mol. The van der Waals surface area contributed by atoms with Crippen LogP contribution in [0.15, 0.2) is 65.3 Å². The van der Waals surface area contributed by atoms with Gasteiger partial charge in [0.25, 0.3) is 5.91 Å². The van der Waals surface area contributed by atoms with Gasteiger partial charge in [0.2, 0.25) is 5.91 Å². The van der Waals surface area contributed by atoms with E-state index in [-0.39, 0.29) is 18.2 Å². The zero-order valence-corrected chi connectivity index (χ0v) is 16.9. The van der Waals surface area contributed by atoms with Gasteiger partial charge in [-0.15, -0.1) is 0 Å². The predicted octanol–water partition coefficient (Wildman–Crippen LogP) is 4.45. The molecule has 1 aliphatic heterocycles. The number of hydrogen-bond donors (Lipinski definition) is 1. The van der Waals surface area contributed by atoms with Crippen LogP contribution in [0.2, 0.25) is 0 Å². The van der Waals surface area contributed by atoms with Gasteiger partial charge in [0, 0.05) is 17.9 Å². The Kier molecular flexibility index (Phi) is 5.84. The van der Waals surface area contributed by atoms with Gasteiger partial charge in [-0.1, -0.05) is 12.1 Å². The van der Waals surface area contributed by atoms with Crippen molar-refractivity contribution < 1.29 is 18.7 Å². The average Bonchev–Trinajstić information content (AvgIpc) is 3.29. The Labute approximate surface area is 175 Å². The highest BCUT2D eigenvalue weighted by atomic mass is 16.5. The minimum absolute atomic E-state index is 0.0848. The normalized spacial score (nSPS) is 12.9. The van der Waals surface area contributed by atoms with Gasteiger partial charge in [0.15, 0.2) is 5.76 Å². The highest BCUT2D eigenvalue weighted by Gasteiger charge is 2.25. The van der Waals surface area contributed by atoms with Crippen LogP contribution in [0.1, 0.15) is 35.0 Å². The second-order valence-corrected chi connectivity index (χ2v) is 7.18. The summed E-state index contributed by atoms with van der Waals surface area (Å²) >= 11 is 0. The van der Waals surface area contributed by atoms with Crippen LogP contribution in [0.5, 0.6) is 5.75 Å². The molecule has 0 unspecified atom stereocenters. The van der Waals surface area contributed by atoms with Gasteiger partial charge < -0.3 is 19.4 Å². The van der Waals surface area contributed by atoms with Crippen molar-refractivity contribution in [1.82, 2.24) is 0 Å². The molecular weight excluding hydrogens is 380 g/mol. The van der Waals surface area contributed by atoms with Gasteiger partial charge in [-0.2, -0.15) is 0 Å². The first-order chi connectivity index (χ1) is 14.6. The number of carbonyl (C=O) groups excluding carboxylic acids is 2. The molecule has 1 N–H and O–H groups in total. The van der Waals surface area contributed by atoms with Crippen molar-refractivity contribution in [2.45, 2.75) is 26.2 Å². The fourth-order valence-corrected chi connectivity index (χ4v) is 3.68. The van der Waals surface area contributed by atoms with Crippen LogP contribution in [0, 0.1) is 0 Å². The number of nitrogens with zero attached hydrogens (tertiary/aromatic N) is 1. The standard InChI is InChI=1S/C24H24N2O4/c1-2-29-20-10-7-17(8-11-20)15-23(27)25-19-9-12-21-18(16-19)5-3-13-26(21)24(28)22-6-4-14-30-22/h4,6-12,14,16H,2-3,5,13,15H2,1H3,(H,25,27). The van der Waals surface area contributed by atoms with E-state index in [1.165, 1.54) is 6.26 Å². The van der Waals surface area contributed by atoms with Crippen molar-refractivity contribution in [2.75, 3.05) is 23.4 Å². The van der Waals surface area contributed by atoms with Crippen LogP contribution in [-0.2, 0) is 17.6 Å². The smallest absolute Gasteiger partial charge is 0.293 e. The minimum atomic E-state index is -0.145. The summed E-state index contributed by atoms with van der Waals surface area (Å²) in [6, 6.07) is 16.6. The van der Waals surface area contributed by atoms with E-state index in [1.54, 1.807) is 17.0 Å². The number of carbonyl (C=O) groups is 2. The SMILES string of the molecule is CCOc1ccc(CC(=O)Nc2ccc3c(c2)CCCN3C(=O)c2ccco2)cc1. The number of anilines is 2. The number of rotatable bonds is 6. The Balaban J connectivity index is 1.43. The van der Waals surface area contributed by atoms with Crippen LogP contribution in [0.4, 0.5) is 11.4 Å². The molecule has 6 nitrogen and oxygen atoms in total. The number of benzene rings is 2. The molecule has 2 heterocycles. The molecule has 154 valence electrons. The van der Waals surface area contributed by atoms with Gasteiger partial charge in [-0.3, -0.25) is 9.59 Å². The third-order valence-electron chi connectivity index (χ3n) is 5.06. The van der Waals surface area contributed by atoms with Crippen molar-refractivity contribution in [1.29, 1.82) is 0 Å². The number of hydrogen-bond acceptors (Lipinski definition) is 4. The Morgan fingerprint density at radius 1 is 1.13 bits per heavy atom. The molecule has 0 spiro atoms. The number of aryl methyl sites for hydroxylation is 1. The van der Waals surface area contributed by atoms with E-state index in [0.29, 0.717) is 18.9 Å². The topological polar surface area (TPSA) is 71.8 Å². The van der Waals surface area contributed by atoms with Crippen LogP contribution in [0.25, 0.3) is 0 Å². The maximum atomic E-state index is 12.7. The second-order valence-electron chi connectivity index (χ2n) is 7.18. The lowest BCUT2D eigenvalue weighted by atomic mass is 10.0. The number of ether oxygens (including phenoxy) is 1. The monoisotopic (exact) mass is 404 g/mol. The molecule has 1 aromatic heterocycles. The summed E-state index contributed by atoms with van der Waals surface area (Å²) < 4.78 is 10.7. The molecule has 0 radical (unpaired) electrons. The fraction of sp³-hybridized carbons (Fsp3) is 0.250. The molecular formula is C24H24N2O4. The van der Waals surface area contributed by atoms with Crippen molar-refractivity contribution in [3.8, 4) is 5.75 Å². The highest BCUT2D eigenvalue weighted by Crippen LogP contribution is 2.31. The van der Waals surface area contributed by atoms with E-state index >= 15 is 0 Å². The van der Waals surface area contributed by atoms with Crippen LogP contribution in [-0.4, -0.2) is 25.0 Å². The first kappa shape index (κ1) is 19.8. The van der Waals surface area contributed by atoms with Crippen LogP contribution >= 0.6 is 0 Å². The van der Waals surface area contributed by atoms with Crippen LogP contribution in [0.3, 0.4) is 0 Å². The van der Waals surface area contributed by atoms with E-state index in [0.717, 1.165) is 41.1 Å². The van der Waals surface area contributed by atoms with E-state index < -0.39 is 0 Å². The Bertz CT molecular complexity index is 1030. The summed E-state index contributed by atoms with van der Waals surface area (Å²) in [5.41, 5.74) is 3.56. The molecule has 2 aromatic carbocycles. The molecule has 3 aromatic rings. The molecule has 2 amide bonds. The lowest BCUT2D eigenvalue weighted by Gasteiger charge is -2.29. The molecule has 1 aliphatic rings. The van der Waals surface area contributed by atoms with Crippen molar-refractivity contribution in [2.24, 2.45) is 0 Å². The number of amides is 2. The molecule has 0 aliphatic carbocycles. The van der Waals surface area contributed by atoms with Crippen molar-refractivity contribution in [3.63, 3.8) is 0 Å². The highest BCUT2D eigenvalue weighted by molar-refractivity contribution is 6.05. The summed E-state index contributed by atoms with van der Waals surface area (Å²) in [4.78, 5) is 26.9. The van der Waals surface area contributed by atoms with Gasteiger partial charge in [-0.25, -0.2) is 0 Å². The molecule has 6 heteroatoms. The van der Waals surface area contributed by atoms with Crippen molar-refractivity contribution >= 4 is 23.2 Å². The summed E-state index contributed by atoms with van der Waals surface area (Å²) in [5, 5.41) is 2.96. The Hall–Kier alpha value is -3.54. The average molecular weight is 404 g/mol. The largest absolute Gasteiger partial charge is 0.494 e. The number of fused-ring (bicyclic) bond motifs is 1. The van der Waals surface area contributed by atoms with E-state index in [4.69, 9.17) is 9.15 Å². The zero-order valence-electron chi connectivity index (χ0n) is 16.9. The molecule has 30 heavy (non-hydrogen) atoms. The van der Waals surface area contributed by atoms with Gasteiger partial charge in [-0.05, 0) is 73.4 Å². The summed E-state index contributed by atoms with van der Waals surface area (Å²) in [6.07, 6.45) is 3.51. The maximum absolute atomic E-state index is 12.7. The molecule has 0 bridgehead atoms. The zero-order chi connectivity index (χ0) is 20.9. The maximum Gasteiger partial charge on any atom is 0.293 e. The summed E-state index contributed by atoms with van der Waals surface area (Å²) in [6.45, 7) is 3.20. The summed E-state index contributed by atoms with van der Waals surface area (Å²) in [5.74, 6) is 0.896. The van der Waals surface area contributed by atoms with Gasteiger partial charge in [0.1, 0.15) is 5.75 Å². The number of furan rings is 1. The molecule has 0 saturated heterocycles. The van der Waals surface area contributed by atoms with E-state index in [1.807, 2.05) is 49.4 Å². The van der Waals surface area contributed by atoms with E-state index in [2.05, 4.69) is 5.32 Å². The third-order valence-corrected chi connectivity index (χ3v) is 5.06. The molecule has 0 fully saturated rings. The lowest BCUT2D eigenvalue weighted by Crippen LogP contribution is -2.35. The Morgan fingerprint density at radius 2 is 1.97 bits per heavy atom. The first-order valence-electron chi connectivity index (χ1n) is 10.1. The first-order valence-corrected chi connectivity index (χ1v) is 10.1. The second kappa shape index (κ2) is 8.86. The van der Waals surface area contributed by atoms with Crippen molar-refractivity contribution in [3.05, 3.63) is 77.7 Å². The van der Waals surface area contributed by atoms with Gasteiger partial charge >= 0.3 is 0 Å². The quantitative estimate of drug-likeness (QED) is 0.659. The molecule has 0 saturated carbocycles. The van der Waals surface area contributed by atoms with Crippen LogP contribution < -0.4 is 15.0 Å². The van der Waals surface area contributed by atoms with Gasteiger partial charge in [0.05, 0.1) is 19.3 Å². The van der Waals surface area contributed by atoms with E-state index in [9.17, 15) is 9.59 Å². The molecule has 4 rings (SSSR count). The minimum Gasteiger partial charge on any atom is -0.494 e. The number of nitrogens with one attached hydrogen (secondary N) is 1. The Morgan fingerprint density at radius 3 is 2.70 bits per heavy atom. The third kappa shape index (κ3) is 4.38. The molecule has 0 atom stereocenters.